The molecule has 0 saturated carbocycles. The molecule has 1 unspecified atom stereocenters. The zero-order chi connectivity index (χ0) is 29.0. The number of rotatable bonds is 14. The fraction of sp³-hybridized carbons (Fsp3) is 0.278. The Bertz CT molecular complexity index is 1330. The lowest BCUT2D eigenvalue weighted by molar-refractivity contribution is -0.351. The van der Waals surface area contributed by atoms with Crippen LogP contribution in [-0.4, -0.2) is 41.9 Å². The Balaban J connectivity index is 1.42. The molecule has 5 rings (SSSR count). The molecule has 0 aliphatic carbocycles. The van der Waals surface area contributed by atoms with Gasteiger partial charge in [-0.05, 0) is 28.3 Å². The van der Waals surface area contributed by atoms with Crippen LogP contribution in [0.3, 0.4) is 0 Å². The Morgan fingerprint density at radius 2 is 1.00 bits per heavy atom. The summed E-state index contributed by atoms with van der Waals surface area (Å²) in [5.74, 6) is -1.84. The highest BCUT2D eigenvalue weighted by Crippen LogP contribution is 2.36. The normalized spacial score (nSPS) is 23.8. The third kappa shape index (κ3) is 8.01. The van der Waals surface area contributed by atoms with Gasteiger partial charge in [0.1, 0.15) is 24.4 Å². The summed E-state index contributed by atoms with van der Waals surface area (Å²) in [4.78, 5) is 0. The minimum absolute atomic E-state index is 0.168. The van der Waals surface area contributed by atoms with Crippen LogP contribution in [0.2, 0.25) is 0 Å². The number of hydrogen-bond acceptors (Lipinski definition) is 6. The van der Waals surface area contributed by atoms with Crippen LogP contribution in [0.25, 0.3) is 0 Å². The molecule has 5 atom stereocenters. The Kier molecular flexibility index (Phi) is 10.7. The van der Waals surface area contributed by atoms with E-state index in [9.17, 15) is 5.11 Å². The van der Waals surface area contributed by atoms with Gasteiger partial charge in [0.15, 0.2) is 0 Å². The van der Waals surface area contributed by atoms with Crippen LogP contribution in [0.4, 0.5) is 0 Å². The Hall–Kier alpha value is -3.62. The molecule has 1 N–H and O–H groups in total. The highest BCUT2D eigenvalue weighted by Gasteiger charge is 2.55. The van der Waals surface area contributed by atoms with Crippen molar-refractivity contribution in [3.8, 4) is 0 Å². The van der Waals surface area contributed by atoms with Gasteiger partial charge in [-0.2, -0.15) is 0 Å². The molecule has 0 bridgehead atoms. The molecule has 1 heterocycles. The van der Waals surface area contributed by atoms with Crippen molar-refractivity contribution in [1.82, 2.24) is 0 Å². The predicted octanol–water partition coefficient (Wildman–Crippen LogP) is 6.23. The van der Waals surface area contributed by atoms with Crippen LogP contribution in [-0.2, 0) is 50.1 Å². The van der Waals surface area contributed by atoms with E-state index in [2.05, 4.69) is 6.58 Å². The summed E-state index contributed by atoms with van der Waals surface area (Å²) in [5.41, 5.74) is 4.00. The van der Waals surface area contributed by atoms with E-state index >= 15 is 0 Å². The molecule has 0 amide bonds. The minimum Gasteiger partial charge on any atom is -0.374 e. The third-order valence-corrected chi connectivity index (χ3v) is 7.27. The van der Waals surface area contributed by atoms with Crippen LogP contribution in [0.15, 0.2) is 134 Å². The van der Waals surface area contributed by atoms with Crippen LogP contribution in [0.1, 0.15) is 22.3 Å². The van der Waals surface area contributed by atoms with Crippen molar-refractivity contribution in [1.29, 1.82) is 0 Å². The van der Waals surface area contributed by atoms with E-state index in [1.807, 2.05) is 121 Å². The van der Waals surface area contributed by atoms with Gasteiger partial charge in [0.2, 0.25) is 5.79 Å². The van der Waals surface area contributed by atoms with Gasteiger partial charge in [-0.15, -0.1) is 0 Å². The number of ether oxygens (including phenoxy) is 5. The van der Waals surface area contributed by atoms with E-state index in [0.29, 0.717) is 19.8 Å². The lowest BCUT2D eigenvalue weighted by atomic mass is 9.91. The summed E-state index contributed by atoms with van der Waals surface area (Å²) >= 11 is 0. The number of hydrogen-bond donors (Lipinski definition) is 1. The zero-order valence-corrected chi connectivity index (χ0v) is 23.7. The lowest BCUT2D eigenvalue weighted by Gasteiger charge is -2.49. The number of aliphatic hydroxyl groups is 1. The second-order valence-corrected chi connectivity index (χ2v) is 10.4. The van der Waals surface area contributed by atoms with E-state index < -0.39 is 30.2 Å². The van der Waals surface area contributed by atoms with Gasteiger partial charge >= 0.3 is 0 Å². The molecular weight excluding hydrogens is 528 g/mol. The molecule has 1 saturated heterocycles. The topological polar surface area (TPSA) is 66.4 Å². The molecule has 4 aromatic carbocycles. The monoisotopic (exact) mass is 566 g/mol. The van der Waals surface area contributed by atoms with Gasteiger partial charge in [-0.1, -0.05) is 128 Å². The van der Waals surface area contributed by atoms with E-state index in [1.54, 1.807) is 0 Å². The Morgan fingerprint density at radius 3 is 1.45 bits per heavy atom. The van der Waals surface area contributed by atoms with E-state index in [4.69, 9.17) is 23.7 Å². The molecule has 6 heteroatoms. The second-order valence-electron chi connectivity index (χ2n) is 10.4. The van der Waals surface area contributed by atoms with E-state index in [-0.39, 0.29) is 13.2 Å². The molecule has 0 aromatic heterocycles. The lowest BCUT2D eigenvalue weighted by Crippen LogP contribution is -2.66. The first kappa shape index (κ1) is 29.9. The summed E-state index contributed by atoms with van der Waals surface area (Å²) in [6, 6.07) is 39.5. The van der Waals surface area contributed by atoms with Gasteiger partial charge in [0.05, 0.1) is 33.0 Å². The molecule has 4 aromatic rings. The maximum absolute atomic E-state index is 11.8. The minimum atomic E-state index is -1.84. The smallest absolute Gasteiger partial charge is 0.215 e. The largest absolute Gasteiger partial charge is 0.374 e. The Morgan fingerprint density at radius 1 is 0.595 bits per heavy atom. The SMILES string of the molecule is C=CC1(O)O[C@H](COCc2ccccc2)[C@@H](OCc2ccccc2)[C@H](OCc2ccccc2)[C@H]1OCc1ccccc1. The highest BCUT2D eigenvalue weighted by molar-refractivity contribution is 5.17. The summed E-state index contributed by atoms with van der Waals surface area (Å²) in [6.07, 6.45) is -1.55. The molecule has 0 spiro atoms. The first-order valence-electron chi connectivity index (χ1n) is 14.3. The van der Waals surface area contributed by atoms with Crippen molar-refractivity contribution in [2.45, 2.75) is 56.6 Å². The summed E-state index contributed by atoms with van der Waals surface area (Å²) < 4.78 is 31.9. The highest BCUT2D eigenvalue weighted by atomic mass is 16.7. The van der Waals surface area contributed by atoms with E-state index in [0.717, 1.165) is 22.3 Å². The van der Waals surface area contributed by atoms with Crippen LogP contribution in [0.5, 0.6) is 0 Å². The molecule has 6 nitrogen and oxygen atoms in total. The summed E-state index contributed by atoms with van der Waals surface area (Å²) in [6.45, 7) is 5.33. The van der Waals surface area contributed by atoms with Crippen molar-refractivity contribution >= 4 is 0 Å². The fourth-order valence-electron chi connectivity index (χ4n) is 5.05. The van der Waals surface area contributed by atoms with Gasteiger partial charge in [-0.3, -0.25) is 0 Å². The van der Waals surface area contributed by atoms with Crippen LogP contribution >= 0.6 is 0 Å². The van der Waals surface area contributed by atoms with Gasteiger partial charge in [0.25, 0.3) is 0 Å². The zero-order valence-electron chi connectivity index (χ0n) is 23.7. The van der Waals surface area contributed by atoms with Gasteiger partial charge in [0, 0.05) is 0 Å². The third-order valence-electron chi connectivity index (χ3n) is 7.27. The standard InChI is InChI=1S/C36H38O6/c1-2-36(37)35(41-26-31-21-13-6-14-22-31)34(40-25-30-19-11-5-12-20-30)33(39-24-29-17-9-4-10-18-29)32(42-36)27-38-23-28-15-7-3-8-16-28/h2-22,32-35,37H,1,23-27H2/t32-,33-,34+,35-,36?/m1/s1. The summed E-state index contributed by atoms with van der Waals surface area (Å²) in [5, 5.41) is 11.8. The average Bonchev–Trinajstić information content (AvgIpc) is 3.05. The molecule has 1 aliphatic rings. The average molecular weight is 567 g/mol. The predicted molar refractivity (Wildman–Crippen MR) is 161 cm³/mol. The maximum atomic E-state index is 11.8. The van der Waals surface area contributed by atoms with Crippen LogP contribution < -0.4 is 0 Å². The van der Waals surface area contributed by atoms with Crippen molar-refractivity contribution < 1.29 is 28.8 Å². The first-order chi connectivity index (χ1) is 20.6. The van der Waals surface area contributed by atoms with Gasteiger partial charge in [-0.25, -0.2) is 0 Å². The number of benzene rings is 4. The van der Waals surface area contributed by atoms with Crippen molar-refractivity contribution in [2.24, 2.45) is 0 Å². The van der Waals surface area contributed by atoms with Crippen molar-refractivity contribution in [3.05, 3.63) is 156 Å². The molecule has 0 radical (unpaired) electrons. The molecule has 42 heavy (non-hydrogen) atoms. The Labute approximate surface area is 248 Å². The van der Waals surface area contributed by atoms with Crippen LogP contribution in [0, 0.1) is 0 Å². The molecule has 1 aliphatic heterocycles. The first-order valence-corrected chi connectivity index (χ1v) is 14.3. The molecule has 1 fully saturated rings. The van der Waals surface area contributed by atoms with Crippen molar-refractivity contribution in [2.75, 3.05) is 6.61 Å². The second kappa shape index (κ2) is 15.0. The van der Waals surface area contributed by atoms with Crippen molar-refractivity contribution in [3.63, 3.8) is 0 Å². The summed E-state index contributed by atoms with van der Waals surface area (Å²) in [7, 11) is 0. The maximum Gasteiger partial charge on any atom is 0.215 e. The van der Waals surface area contributed by atoms with E-state index in [1.165, 1.54) is 6.08 Å². The van der Waals surface area contributed by atoms with Gasteiger partial charge < -0.3 is 28.8 Å². The molecule has 218 valence electrons. The quantitative estimate of drug-likeness (QED) is 0.183. The molecular formula is C36H38O6. The fourth-order valence-corrected chi connectivity index (χ4v) is 5.05.